The molecule has 1 saturated heterocycles. The summed E-state index contributed by atoms with van der Waals surface area (Å²) in [5, 5.41) is 5.26. The van der Waals surface area contributed by atoms with Crippen LogP contribution in [0.2, 0.25) is 0 Å². The third-order valence-electron chi connectivity index (χ3n) is 5.57. The van der Waals surface area contributed by atoms with Gasteiger partial charge >= 0.3 is 0 Å². The van der Waals surface area contributed by atoms with Gasteiger partial charge in [-0.05, 0) is 44.0 Å². The van der Waals surface area contributed by atoms with Gasteiger partial charge in [0, 0.05) is 38.4 Å². The Morgan fingerprint density at radius 1 is 1.23 bits per heavy atom. The molecule has 1 aromatic carbocycles. The quantitative estimate of drug-likeness (QED) is 0.533. The summed E-state index contributed by atoms with van der Waals surface area (Å²) in [6.07, 6.45) is 0.983. The molecule has 0 aliphatic carbocycles. The highest BCUT2D eigenvalue weighted by molar-refractivity contribution is 7.22. The first-order valence-corrected chi connectivity index (χ1v) is 11.5. The Morgan fingerprint density at radius 2 is 2.00 bits per heavy atom. The Balaban J connectivity index is 0.00000272. The zero-order valence-corrected chi connectivity index (χ0v) is 20.0. The molecule has 3 aromatic rings. The fourth-order valence-corrected chi connectivity index (χ4v) is 4.77. The van der Waals surface area contributed by atoms with Gasteiger partial charge in [0.15, 0.2) is 10.8 Å². The number of ether oxygens (including phenoxy) is 1. The van der Waals surface area contributed by atoms with E-state index in [0.717, 1.165) is 66.9 Å². The van der Waals surface area contributed by atoms with Crippen molar-refractivity contribution in [1.82, 2.24) is 19.7 Å². The summed E-state index contributed by atoms with van der Waals surface area (Å²) in [5.74, 6) is -0.0895. The lowest BCUT2D eigenvalue weighted by molar-refractivity contribution is 0.0391. The molecule has 0 atom stereocenters. The monoisotopic (exact) mass is 463 g/mol. The Hall–Kier alpha value is -2.00. The minimum absolute atomic E-state index is 0. The summed E-state index contributed by atoms with van der Waals surface area (Å²) in [5.41, 5.74) is 3.68. The largest absolute Gasteiger partial charge is 0.379 e. The molecule has 0 spiro atoms. The zero-order valence-electron chi connectivity index (χ0n) is 18.3. The van der Waals surface area contributed by atoms with Gasteiger partial charge in [0.05, 0.1) is 23.4 Å². The van der Waals surface area contributed by atoms with E-state index in [1.54, 1.807) is 16.2 Å². The van der Waals surface area contributed by atoms with E-state index in [9.17, 15) is 4.79 Å². The Labute approximate surface area is 193 Å². The molecular formula is C22H30ClN5O2S. The van der Waals surface area contributed by atoms with Crippen molar-refractivity contribution in [2.75, 3.05) is 44.3 Å². The average Bonchev–Trinajstić information content (AvgIpc) is 3.36. The summed E-state index contributed by atoms with van der Waals surface area (Å²) in [7, 11) is 0. The van der Waals surface area contributed by atoms with Gasteiger partial charge in [0.2, 0.25) is 0 Å². The van der Waals surface area contributed by atoms with Crippen LogP contribution in [0.4, 0.5) is 5.13 Å². The number of fused-ring (bicyclic) bond motifs is 1. The van der Waals surface area contributed by atoms with E-state index in [1.165, 1.54) is 5.56 Å². The molecule has 2 aromatic heterocycles. The molecule has 4 rings (SSSR count). The zero-order chi connectivity index (χ0) is 21.1. The molecule has 1 aliphatic heterocycles. The number of nitrogens with zero attached hydrogens (tertiary/aromatic N) is 5. The number of carbonyl (C=O) groups is 1. The van der Waals surface area contributed by atoms with Crippen LogP contribution in [0, 0.1) is 6.92 Å². The Kier molecular flexibility index (Phi) is 8.05. The van der Waals surface area contributed by atoms with Gasteiger partial charge in [-0.15, -0.1) is 12.4 Å². The van der Waals surface area contributed by atoms with E-state index >= 15 is 0 Å². The first-order valence-electron chi connectivity index (χ1n) is 10.6. The number of amides is 1. The molecule has 0 saturated carbocycles. The number of benzene rings is 1. The van der Waals surface area contributed by atoms with E-state index in [-0.39, 0.29) is 18.3 Å². The minimum Gasteiger partial charge on any atom is -0.379 e. The van der Waals surface area contributed by atoms with Gasteiger partial charge in [-0.1, -0.05) is 24.3 Å². The number of morpholine rings is 1. The van der Waals surface area contributed by atoms with Gasteiger partial charge in [0.25, 0.3) is 5.91 Å². The summed E-state index contributed by atoms with van der Waals surface area (Å²) >= 11 is 1.58. The molecule has 7 nitrogen and oxygen atoms in total. The number of anilines is 1. The summed E-state index contributed by atoms with van der Waals surface area (Å²) in [6.45, 7) is 11.6. The molecule has 0 radical (unpaired) electrons. The number of carbonyl (C=O) groups excluding carboxylic acids is 1. The van der Waals surface area contributed by atoms with Crippen LogP contribution in [0.5, 0.6) is 0 Å². The fourth-order valence-electron chi connectivity index (χ4n) is 3.72. The van der Waals surface area contributed by atoms with Crippen LogP contribution in [-0.4, -0.2) is 65.0 Å². The SMILES string of the molecule is CCc1ccc2nc(N(CCN3CCOCC3)C(=O)c3cc(C)n(CC)n3)sc2c1.Cl. The van der Waals surface area contributed by atoms with E-state index in [0.29, 0.717) is 12.2 Å². The molecule has 0 unspecified atom stereocenters. The molecule has 0 N–H and O–H groups in total. The maximum absolute atomic E-state index is 13.5. The normalized spacial score (nSPS) is 14.5. The number of thiazole rings is 1. The van der Waals surface area contributed by atoms with Crippen molar-refractivity contribution < 1.29 is 9.53 Å². The second-order valence-corrected chi connectivity index (χ2v) is 8.56. The number of rotatable bonds is 7. The molecule has 3 heterocycles. The number of aromatic nitrogens is 3. The number of halogens is 1. The predicted octanol–water partition coefficient (Wildman–Crippen LogP) is 3.78. The second-order valence-electron chi connectivity index (χ2n) is 7.55. The molecule has 1 aliphatic rings. The van der Waals surface area contributed by atoms with Crippen molar-refractivity contribution in [1.29, 1.82) is 0 Å². The molecule has 168 valence electrons. The first-order chi connectivity index (χ1) is 14.6. The van der Waals surface area contributed by atoms with Gasteiger partial charge < -0.3 is 4.74 Å². The maximum Gasteiger partial charge on any atom is 0.280 e. The highest BCUT2D eigenvalue weighted by Gasteiger charge is 2.25. The fraction of sp³-hybridized carbons (Fsp3) is 0.500. The Morgan fingerprint density at radius 3 is 2.68 bits per heavy atom. The highest BCUT2D eigenvalue weighted by atomic mass is 35.5. The van der Waals surface area contributed by atoms with Crippen LogP contribution < -0.4 is 4.90 Å². The standard InChI is InChI=1S/C22H29N5O2S.ClH/c1-4-17-6-7-18-20(15-17)30-22(23-18)26(9-8-25-10-12-29-13-11-25)21(28)19-14-16(3)27(5-2)24-19;/h6-7,14-15H,4-5,8-13H2,1-3H3;1H. The molecule has 1 amide bonds. The smallest absolute Gasteiger partial charge is 0.280 e. The Bertz CT molecular complexity index is 1030. The molecule has 9 heteroatoms. The van der Waals surface area contributed by atoms with Crippen molar-refractivity contribution in [2.45, 2.75) is 33.7 Å². The second kappa shape index (κ2) is 10.5. The van der Waals surface area contributed by atoms with Crippen molar-refractivity contribution in [2.24, 2.45) is 0 Å². The summed E-state index contributed by atoms with van der Waals surface area (Å²) < 4.78 is 8.43. The van der Waals surface area contributed by atoms with Gasteiger partial charge in [-0.2, -0.15) is 5.10 Å². The first kappa shape index (κ1) is 23.7. The van der Waals surface area contributed by atoms with Crippen LogP contribution in [0.15, 0.2) is 24.3 Å². The van der Waals surface area contributed by atoms with Crippen LogP contribution in [-0.2, 0) is 17.7 Å². The van der Waals surface area contributed by atoms with Crippen molar-refractivity contribution in [3.8, 4) is 0 Å². The summed E-state index contributed by atoms with van der Waals surface area (Å²) in [6, 6.07) is 8.21. The van der Waals surface area contributed by atoms with E-state index in [1.807, 2.05) is 24.6 Å². The van der Waals surface area contributed by atoms with Crippen molar-refractivity contribution in [3.63, 3.8) is 0 Å². The highest BCUT2D eigenvalue weighted by Crippen LogP contribution is 2.30. The topological polar surface area (TPSA) is 63.5 Å². The lowest BCUT2D eigenvalue weighted by Crippen LogP contribution is -2.43. The summed E-state index contributed by atoms with van der Waals surface area (Å²) in [4.78, 5) is 22.4. The predicted molar refractivity (Wildman–Crippen MR) is 128 cm³/mol. The number of hydrogen-bond donors (Lipinski definition) is 0. The van der Waals surface area contributed by atoms with E-state index in [2.05, 4.69) is 35.1 Å². The number of aryl methyl sites for hydroxylation is 3. The maximum atomic E-state index is 13.5. The van der Waals surface area contributed by atoms with Gasteiger partial charge in [-0.3, -0.25) is 19.3 Å². The molecular weight excluding hydrogens is 434 g/mol. The minimum atomic E-state index is -0.0895. The third-order valence-corrected chi connectivity index (χ3v) is 6.61. The van der Waals surface area contributed by atoms with E-state index < -0.39 is 0 Å². The molecule has 0 bridgehead atoms. The molecule has 1 fully saturated rings. The third kappa shape index (κ3) is 5.26. The van der Waals surface area contributed by atoms with Gasteiger partial charge in [0.1, 0.15) is 0 Å². The van der Waals surface area contributed by atoms with Crippen LogP contribution in [0.3, 0.4) is 0 Å². The van der Waals surface area contributed by atoms with Crippen LogP contribution in [0.1, 0.15) is 35.6 Å². The van der Waals surface area contributed by atoms with Crippen LogP contribution >= 0.6 is 23.7 Å². The molecule has 31 heavy (non-hydrogen) atoms. The average molecular weight is 464 g/mol. The number of hydrogen-bond acceptors (Lipinski definition) is 6. The van der Waals surface area contributed by atoms with Gasteiger partial charge in [-0.25, -0.2) is 4.98 Å². The van der Waals surface area contributed by atoms with E-state index in [4.69, 9.17) is 9.72 Å². The lowest BCUT2D eigenvalue weighted by atomic mass is 10.2. The van der Waals surface area contributed by atoms with Crippen LogP contribution in [0.25, 0.3) is 10.2 Å². The lowest BCUT2D eigenvalue weighted by Gasteiger charge is -2.29. The van der Waals surface area contributed by atoms with Crippen molar-refractivity contribution >= 4 is 45.0 Å². The van der Waals surface area contributed by atoms with Crippen molar-refractivity contribution in [3.05, 3.63) is 41.2 Å².